The van der Waals surface area contributed by atoms with Gasteiger partial charge >= 0.3 is 0 Å². The molecule has 140 valence electrons. The molecule has 0 amide bonds. The predicted octanol–water partition coefficient (Wildman–Crippen LogP) is 4.27. The van der Waals surface area contributed by atoms with Crippen LogP contribution in [0.15, 0.2) is 91.0 Å². The lowest BCUT2D eigenvalue weighted by molar-refractivity contribution is -0.117. The summed E-state index contributed by atoms with van der Waals surface area (Å²) in [7, 11) is 3.96. The van der Waals surface area contributed by atoms with Crippen molar-refractivity contribution in [1.82, 2.24) is 4.90 Å². The molecule has 3 rings (SSSR count). The molecule has 0 heterocycles. The Bertz CT molecular complexity index is 707. The average Bonchev–Trinajstić information content (AvgIpc) is 2.73. The highest BCUT2D eigenvalue weighted by atomic mass is 16.5. The molecule has 3 nitrogen and oxygen atoms in total. The Morgan fingerprint density at radius 1 is 0.741 bits per heavy atom. The highest BCUT2D eigenvalue weighted by Gasteiger charge is 2.40. The predicted molar refractivity (Wildman–Crippen MR) is 109 cm³/mol. The van der Waals surface area contributed by atoms with Gasteiger partial charge in [0.1, 0.15) is 11.8 Å². The van der Waals surface area contributed by atoms with Gasteiger partial charge in [0.2, 0.25) is 0 Å². The first kappa shape index (κ1) is 19.3. The second-order valence-corrected chi connectivity index (χ2v) is 6.83. The van der Waals surface area contributed by atoms with Crippen molar-refractivity contribution in [3.8, 4) is 0 Å². The largest absolute Gasteiger partial charge is 0.396 e. The Morgan fingerprint density at radius 2 is 1.11 bits per heavy atom. The van der Waals surface area contributed by atoms with Crippen LogP contribution in [0.1, 0.15) is 23.1 Å². The number of hydrogen-bond donors (Lipinski definition) is 1. The summed E-state index contributed by atoms with van der Waals surface area (Å²) in [5.41, 5.74) is 2.42. The maximum Gasteiger partial charge on any atom is 0.145 e. The minimum atomic E-state index is -0.770. The van der Waals surface area contributed by atoms with Crippen LogP contribution in [0.4, 0.5) is 0 Å². The van der Waals surface area contributed by atoms with Crippen LogP contribution >= 0.6 is 0 Å². The van der Waals surface area contributed by atoms with Crippen molar-refractivity contribution in [2.24, 2.45) is 0 Å². The van der Waals surface area contributed by atoms with E-state index in [1.54, 1.807) is 0 Å². The molecule has 0 saturated heterocycles. The molecular weight excluding hydrogens is 334 g/mol. The van der Waals surface area contributed by atoms with Gasteiger partial charge in [-0.3, -0.25) is 4.90 Å². The van der Waals surface area contributed by atoms with E-state index >= 15 is 0 Å². The normalized spacial score (nSPS) is 12.9. The third-order valence-corrected chi connectivity index (χ3v) is 4.81. The number of rotatable bonds is 8. The van der Waals surface area contributed by atoms with Crippen molar-refractivity contribution >= 4 is 0 Å². The quantitative estimate of drug-likeness (QED) is 0.480. The number of aliphatic hydroxyl groups excluding tert-OH is 1. The second kappa shape index (κ2) is 8.96. The van der Waals surface area contributed by atoms with E-state index in [0.717, 1.165) is 16.7 Å². The SMILES string of the molecule is CN(C)C(CCO)OC(c1ccccc1)(c1ccccc1)c1ccccc1. The van der Waals surface area contributed by atoms with Crippen LogP contribution in [-0.2, 0) is 10.3 Å². The van der Waals surface area contributed by atoms with Crippen molar-refractivity contribution in [3.63, 3.8) is 0 Å². The van der Waals surface area contributed by atoms with Crippen LogP contribution in [0, 0.1) is 0 Å². The Labute approximate surface area is 161 Å². The highest BCUT2D eigenvalue weighted by molar-refractivity contribution is 5.47. The topological polar surface area (TPSA) is 32.7 Å². The van der Waals surface area contributed by atoms with E-state index < -0.39 is 5.60 Å². The molecule has 1 N–H and O–H groups in total. The van der Waals surface area contributed by atoms with Gasteiger partial charge in [0, 0.05) is 13.0 Å². The molecule has 0 spiro atoms. The summed E-state index contributed by atoms with van der Waals surface area (Å²) in [6.07, 6.45) is 0.289. The summed E-state index contributed by atoms with van der Waals surface area (Å²) < 4.78 is 6.86. The maximum atomic E-state index is 9.59. The smallest absolute Gasteiger partial charge is 0.145 e. The molecule has 0 saturated carbocycles. The Hall–Kier alpha value is -2.46. The van der Waals surface area contributed by atoms with Gasteiger partial charge in [-0.1, -0.05) is 91.0 Å². The van der Waals surface area contributed by atoms with Gasteiger partial charge in [-0.2, -0.15) is 0 Å². The number of hydrogen-bond acceptors (Lipinski definition) is 3. The number of aliphatic hydroxyl groups is 1. The number of ether oxygens (including phenoxy) is 1. The Balaban J connectivity index is 2.25. The molecular formula is C24H27NO2. The van der Waals surface area contributed by atoms with Gasteiger partial charge in [-0.05, 0) is 30.8 Å². The van der Waals surface area contributed by atoms with Crippen LogP contribution in [0.3, 0.4) is 0 Å². The lowest BCUT2D eigenvalue weighted by Crippen LogP contribution is -2.42. The van der Waals surface area contributed by atoms with E-state index in [1.165, 1.54) is 0 Å². The van der Waals surface area contributed by atoms with Crippen molar-refractivity contribution in [3.05, 3.63) is 108 Å². The van der Waals surface area contributed by atoms with E-state index in [1.807, 2.05) is 73.6 Å². The van der Waals surface area contributed by atoms with Crippen LogP contribution in [0.5, 0.6) is 0 Å². The molecule has 0 fully saturated rings. The van der Waals surface area contributed by atoms with Crippen molar-refractivity contribution in [1.29, 1.82) is 0 Å². The molecule has 3 aromatic rings. The Morgan fingerprint density at radius 3 is 1.41 bits per heavy atom. The van der Waals surface area contributed by atoms with E-state index in [2.05, 4.69) is 36.4 Å². The first-order valence-electron chi connectivity index (χ1n) is 9.30. The molecule has 0 radical (unpaired) electrons. The van der Waals surface area contributed by atoms with E-state index in [-0.39, 0.29) is 12.8 Å². The first-order chi connectivity index (χ1) is 13.2. The van der Waals surface area contributed by atoms with Crippen molar-refractivity contribution in [2.75, 3.05) is 20.7 Å². The van der Waals surface area contributed by atoms with Gasteiger partial charge in [0.15, 0.2) is 0 Å². The highest BCUT2D eigenvalue weighted by Crippen LogP contribution is 2.41. The summed E-state index contributed by atoms with van der Waals surface area (Å²) >= 11 is 0. The monoisotopic (exact) mass is 361 g/mol. The van der Waals surface area contributed by atoms with Gasteiger partial charge in [0.05, 0.1) is 0 Å². The maximum absolute atomic E-state index is 9.59. The van der Waals surface area contributed by atoms with Gasteiger partial charge in [-0.25, -0.2) is 0 Å². The summed E-state index contributed by atoms with van der Waals surface area (Å²) in [6, 6.07) is 30.9. The number of nitrogens with zero attached hydrogens (tertiary/aromatic N) is 1. The fourth-order valence-corrected chi connectivity index (χ4v) is 3.46. The Kier molecular flexibility index (Phi) is 6.40. The van der Waals surface area contributed by atoms with Gasteiger partial charge in [0.25, 0.3) is 0 Å². The van der Waals surface area contributed by atoms with E-state index in [0.29, 0.717) is 6.42 Å². The lowest BCUT2D eigenvalue weighted by atomic mass is 9.80. The average molecular weight is 361 g/mol. The fourth-order valence-electron chi connectivity index (χ4n) is 3.46. The molecule has 0 aliphatic carbocycles. The van der Waals surface area contributed by atoms with Crippen LogP contribution in [-0.4, -0.2) is 36.9 Å². The summed E-state index contributed by atoms with van der Waals surface area (Å²) in [4.78, 5) is 2.01. The van der Waals surface area contributed by atoms with Crippen LogP contribution in [0.2, 0.25) is 0 Å². The van der Waals surface area contributed by atoms with E-state index in [9.17, 15) is 5.11 Å². The lowest BCUT2D eigenvalue weighted by Gasteiger charge is -2.40. The molecule has 1 unspecified atom stereocenters. The molecule has 27 heavy (non-hydrogen) atoms. The third-order valence-electron chi connectivity index (χ3n) is 4.81. The van der Waals surface area contributed by atoms with Crippen molar-refractivity contribution in [2.45, 2.75) is 18.2 Å². The zero-order chi connectivity index (χ0) is 19.1. The fraction of sp³-hybridized carbons (Fsp3) is 0.250. The minimum absolute atomic E-state index is 0.0668. The zero-order valence-electron chi connectivity index (χ0n) is 16.0. The number of benzene rings is 3. The van der Waals surface area contributed by atoms with Crippen LogP contribution in [0.25, 0.3) is 0 Å². The van der Waals surface area contributed by atoms with Crippen molar-refractivity contribution < 1.29 is 9.84 Å². The molecule has 3 aromatic carbocycles. The molecule has 0 aliphatic heterocycles. The van der Waals surface area contributed by atoms with E-state index in [4.69, 9.17) is 4.74 Å². The van der Waals surface area contributed by atoms with Crippen LogP contribution < -0.4 is 0 Å². The summed E-state index contributed by atoms with van der Waals surface area (Å²) in [5.74, 6) is 0. The second-order valence-electron chi connectivity index (χ2n) is 6.83. The van der Waals surface area contributed by atoms with Gasteiger partial charge < -0.3 is 9.84 Å². The molecule has 0 aromatic heterocycles. The first-order valence-corrected chi connectivity index (χ1v) is 9.30. The summed E-state index contributed by atoms with van der Waals surface area (Å²) in [5, 5.41) is 9.59. The minimum Gasteiger partial charge on any atom is -0.396 e. The molecule has 1 atom stereocenters. The zero-order valence-corrected chi connectivity index (χ0v) is 16.0. The molecule has 0 bridgehead atoms. The summed E-state index contributed by atoms with van der Waals surface area (Å²) in [6.45, 7) is 0.0668. The van der Waals surface area contributed by atoms with Gasteiger partial charge in [-0.15, -0.1) is 0 Å². The molecule has 0 aliphatic rings. The molecule has 3 heteroatoms. The standard InChI is InChI=1S/C24H27NO2/c1-25(2)23(18-19-26)27-24(20-12-6-3-7-13-20,21-14-8-4-9-15-21)22-16-10-5-11-17-22/h3-17,23,26H,18-19H2,1-2H3. The third kappa shape index (κ3) is 4.11.